The minimum Gasteiger partial charge on any atom is -0.383 e. The Bertz CT molecular complexity index is 409. The van der Waals surface area contributed by atoms with Crippen molar-refractivity contribution in [1.82, 2.24) is 5.32 Å². The molecule has 0 spiro atoms. The second-order valence-corrected chi connectivity index (χ2v) is 4.41. The van der Waals surface area contributed by atoms with Crippen LogP contribution in [0.2, 0.25) is 0 Å². The fourth-order valence-corrected chi connectivity index (χ4v) is 2.04. The van der Waals surface area contributed by atoms with Gasteiger partial charge in [-0.1, -0.05) is 12.1 Å². The average molecular weight is 266 g/mol. The Morgan fingerprint density at radius 2 is 2.26 bits per heavy atom. The Balaban J connectivity index is 3.13. The molecule has 1 N–H and O–H groups in total. The van der Waals surface area contributed by atoms with E-state index < -0.39 is 0 Å². The lowest BCUT2D eigenvalue weighted by Gasteiger charge is -2.28. The Morgan fingerprint density at radius 3 is 2.84 bits per heavy atom. The molecular weight excluding hydrogens is 243 g/mol. The molecule has 0 bridgehead atoms. The standard InChI is InChI=1S/C15H23FN2O/c1-5-9-18(10-11-19-4)14-8-6-7-13(16)15(14)12(2)17-3/h5-8,12,17H,1,9-11H2,2-4H3. The molecule has 0 radical (unpaired) electrons. The minimum absolute atomic E-state index is 0.0499. The summed E-state index contributed by atoms with van der Waals surface area (Å²) in [5.74, 6) is -0.189. The van der Waals surface area contributed by atoms with Crippen molar-refractivity contribution >= 4 is 5.69 Å². The molecule has 1 rings (SSSR count). The quantitative estimate of drug-likeness (QED) is 0.732. The fraction of sp³-hybridized carbons (Fsp3) is 0.467. The molecular formula is C15H23FN2O. The first-order valence-corrected chi connectivity index (χ1v) is 6.46. The summed E-state index contributed by atoms with van der Waals surface area (Å²) in [6, 6.07) is 5.12. The summed E-state index contributed by atoms with van der Waals surface area (Å²) < 4.78 is 19.2. The maximum Gasteiger partial charge on any atom is 0.130 e. The third kappa shape index (κ3) is 4.04. The zero-order valence-electron chi connectivity index (χ0n) is 11.9. The molecule has 106 valence electrons. The molecule has 3 nitrogen and oxygen atoms in total. The number of nitrogens with one attached hydrogen (secondary N) is 1. The summed E-state index contributed by atoms with van der Waals surface area (Å²) in [6.07, 6.45) is 1.81. The van der Waals surface area contributed by atoms with E-state index in [1.54, 1.807) is 13.2 Å². The summed E-state index contributed by atoms with van der Waals surface area (Å²) in [7, 11) is 3.49. The highest BCUT2D eigenvalue weighted by molar-refractivity contribution is 5.56. The third-order valence-corrected chi connectivity index (χ3v) is 3.15. The van der Waals surface area contributed by atoms with E-state index >= 15 is 0 Å². The van der Waals surface area contributed by atoms with Gasteiger partial charge in [0.2, 0.25) is 0 Å². The fourth-order valence-electron chi connectivity index (χ4n) is 2.04. The summed E-state index contributed by atoms with van der Waals surface area (Å²) in [5.41, 5.74) is 1.57. The molecule has 4 heteroatoms. The number of hydrogen-bond donors (Lipinski definition) is 1. The molecule has 1 atom stereocenters. The molecule has 1 unspecified atom stereocenters. The Kier molecular flexibility index (Phi) is 6.53. The van der Waals surface area contributed by atoms with Crippen molar-refractivity contribution in [2.24, 2.45) is 0 Å². The van der Waals surface area contributed by atoms with Crippen molar-refractivity contribution in [1.29, 1.82) is 0 Å². The van der Waals surface area contributed by atoms with Crippen LogP contribution in [0.3, 0.4) is 0 Å². The van der Waals surface area contributed by atoms with Crippen molar-refractivity contribution in [2.45, 2.75) is 13.0 Å². The topological polar surface area (TPSA) is 24.5 Å². The first kappa shape index (κ1) is 15.7. The second kappa shape index (κ2) is 7.92. The van der Waals surface area contributed by atoms with Gasteiger partial charge < -0.3 is 15.0 Å². The van der Waals surface area contributed by atoms with Gasteiger partial charge in [-0.25, -0.2) is 4.39 Å². The van der Waals surface area contributed by atoms with E-state index in [1.807, 2.05) is 26.1 Å². The number of nitrogens with zero attached hydrogens (tertiary/aromatic N) is 1. The molecule has 0 fully saturated rings. The predicted octanol–water partition coefficient (Wildman–Crippen LogP) is 2.74. The molecule has 0 heterocycles. The first-order chi connectivity index (χ1) is 9.15. The van der Waals surface area contributed by atoms with E-state index in [0.29, 0.717) is 25.3 Å². The van der Waals surface area contributed by atoms with Crippen LogP contribution in [0.5, 0.6) is 0 Å². The van der Waals surface area contributed by atoms with Crippen molar-refractivity contribution in [3.8, 4) is 0 Å². The Hall–Kier alpha value is -1.39. The second-order valence-electron chi connectivity index (χ2n) is 4.41. The third-order valence-electron chi connectivity index (χ3n) is 3.15. The van der Waals surface area contributed by atoms with Crippen LogP contribution in [0.15, 0.2) is 30.9 Å². The van der Waals surface area contributed by atoms with Crippen molar-refractivity contribution in [3.05, 3.63) is 42.2 Å². The van der Waals surface area contributed by atoms with Crippen LogP contribution >= 0.6 is 0 Å². The summed E-state index contributed by atoms with van der Waals surface area (Å²) in [4.78, 5) is 2.07. The number of hydrogen-bond acceptors (Lipinski definition) is 3. The van der Waals surface area contributed by atoms with Gasteiger partial charge in [0.1, 0.15) is 5.82 Å². The van der Waals surface area contributed by atoms with Crippen LogP contribution < -0.4 is 10.2 Å². The van der Waals surface area contributed by atoms with Gasteiger partial charge >= 0.3 is 0 Å². The molecule has 19 heavy (non-hydrogen) atoms. The number of rotatable bonds is 8. The largest absolute Gasteiger partial charge is 0.383 e. The van der Waals surface area contributed by atoms with Gasteiger partial charge in [0.05, 0.1) is 6.61 Å². The van der Waals surface area contributed by atoms with Gasteiger partial charge in [-0.2, -0.15) is 0 Å². The minimum atomic E-state index is -0.189. The van der Waals surface area contributed by atoms with Crippen molar-refractivity contribution in [3.63, 3.8) is 0 Å². The van der Waals surface area contributed by atoms with Gasteiger partial charge in [0, 0.05) is 37.5 Å². The summed E-state index contributed by atoms with van der Waals surface area (Å²) >= 11 is 0. The zero-order chi connectivity index (χ0) is 14.3. The zero-order valence-corrected chi connectivity index (χ0v) is 11.9. The molecule has 1 aromatic rings. The molecule has 0 aromatic heterocycles. The molecule has 0 saturated heterocycles. The number of halogens is 1. The highest BCUT2D eigenvalue weighted by Gasteiger charge is 2.18. The lowest BCUT2D eigenvalue weighted by molar-refractivity contribution is 0.205. The van der Waals surface area contributed by atoms with Crippen LogP contribution in [0, 0.1) is 5.82 Å². The highest BCUT2D eigenvalue weighted by atomic mass is 19.1. The van der Waals surface area contributed by atoms with Crippen LogP contribution in [-0.2, 0) is 4.74 Å². The maximum absolute atomic E-state index is 14.1. The van der Waals surface area contributed by atoms with Gasteiger partial charge in [0.15, 0.2) is 0 Å². The van der Waals surface area contributed by atoms with Crippen LogP contribution in [0.4, 0.5) is 10.1 Å². The average Bonchev–Trinajstić information content (AvgIpc) is 2.42. The van der Waals surface area contributed by atoms with Crippen LogP contribution in [0.1, 0.15) is 18.5 Å². The van der Waals surface area contributed by atoms with Gasteiger partial charge in [-0.3, -0.25) is 0 Å². The molecule has 0 aliphatic carbocycles. The molecule has 0 aliphatic heterocycles. The molecule has 0 aliphatic rings. The van der Waals surface area contributed by atoms with E-state index in [9.17, 15) is 4.39 Å². The van der Waals surface area contributed by atoms with E-state index in [0.717, 1.165) is 5.69 Å². The van der Waals surface area contributed by atoms with Crippen molar-refractivity contribution in [2.75, 3.05) is 38.8 Å². The summed E-state index contributed by atoms with van der Waals surface area (Å²) in [6.45, 7) is 7.67. The maximum atomic E-state index is 14.1. The number of anilines is 1. The van der Waals surface area contributed by atoms with E-state index in [1.165, 1.54) is 6.07 Å². The molecule has 0 saturated carbocycles. The first-order valence-electron chi connectivity index (χ1n) is 6.46. The lowest BCUT2D eigenvalue weighted by atomic mass is 10.0. The van der Waals surface area contributed by atoms with Crippen molar-refractivity contribution < 1.29 is 9.13 Å². The Labute approximate surface area is 115 Å². The van der Waals surface area contributed by atoms with E-state index in [4.69, 9.17) is 4.74 Å². The molecule has 0 amide bonds. The van der Waals surface area contributed by atoms with E-state index in [2.05, 4.69) is 16.8 Å². The van der Waals surface area contributed by atoms with Crippen LogP contribution in [-0.4, -0.2) is 33.9 Å². The van der Waals surface area contributed by atoms with Gasteiger partial charge in [-0.05, 0) is 26.1 Å². The highest BCUT2D eigenvalue weighted by Crippen LogP contribution is 2.28. The predicted molar refractivity (Wildman–Crippen MR) is 78.2 cm³/mol. The van der Waals surface area contributed by atoms with Crippen LogP contribution in [0.25, 0.3) is 0 Å². The number of ether oxygens (including phenoxy) is 1. The monoisotopic (exact) mass is 266 g/mol. The summed E-state index contributed by atoms with van der Waals surface area (Å²) in [5, 5.41) is 3.09. The normalized spacial score (nSPS) is 12.2. The lowest BCUT2D eigenvalue weighted by Crippen LogP contribution is -2.30. The van der Waals surface area contributed by atoms with Gasteiger partial charge in [-0.15, -0.1) is 6.58 Å². The number of benzene rings is 1. The Morgan fingerprint density at radius 1 is 1.53 bits per heavy atom. The van der Waals surface area contributed by atoms with E-state index in [-0.39, 0.29) is 11.9 Å². The smallest absolute Gasteiger partial charge is 0.130 e. The number of methoxy groups -OCH3 is 1. The SMILES string of the molecule is C=CCN(CCOC)c1cccc(F)c1C(C)NC. The molecule has 1 aromatic carbocycles. The van der Waals surface area contributed by atoms with Gasteiger partial charge in [0.25, 0.3) is 0 Å².